The molecule has 1 fully saturated rings. The molecule has 1 N–H and O–H groups in total. The summed E-state index contributed by atoms with van der Waals surface area (Å²) in [5.74, 6) is 0. The highest BCUT2D eigenvalue weighted by atomic mass is 35.5. The van der Waals surface area contributed by atoms with E-state index in [1.807, 2.05) is 12.1 Å². The normalized spacial score (nSPS) is 19.2. The standard InChI is InChI=1S/C14H20ClNO/c15-13-6-4-12(5-7-13)10-14(11-17)16-8-2-1-3-9-16/h4-7,14,17H,1-3,8-11H2/t14-/m1/s1. The highest BCUT2D eigenvalue weighted by Gasteiger charge is 2.19. The number of piperidine rings is 1. The van der Waals surface area contributed by atoms with Crippen LogP contribution in [0.2, 0.25) is 5.02 Å². The number of likely N-dealkylation sites (tertiary alicyclic amines) is 1. The van der Waals surface area contributed by atoms with E-state index < -0.39 is 0 Å². The second-order valence-electron chi connectivity index (χ2n) is 4.76. The first kappa shape index (κ1) is 12.9. The van der Waals surface area contributed by atoms with Crippen LogP contribution in [0.15, 0.2) is 24.3 Å². The lowest BCUT2D eigenvalue weighted by atomic mass is 10.0. The van der Waals surface area contributed by atoms with Crippen molar-refractivity contribution < 1.29 is 5.11 Å². The molecule has 0 radical (unpaired) electrons. The molecule has 94 valence electrons. The maximum Gasteiger partial charge on any atom is 0.0590 e. The van der Waals surface area contributed by atoms with Crippen LogP contribution in [0.3, 0.4) is 0 Å². The van der Waals surface area contributed by atoms with Crippen LogP contribution in [-0.2, 0) is 6.42 Å². The van der Waals surface area contributed by atoms with Gasteiger partial charge in [0, 0.05) is 11.1 Å². The number of nitrogens with zero attached hydrogens (tertiary/aromatic N) is 1. The Morgan fingerprint density at radius 2 is 1.76 bits per heavy atom. The highest BCUT2D eigenvalue weighted by Crippen LogP contribution is 2.17. The lowest BCUT2D eigenvalue weighted by Crippen LogP contribution is -2.42. The molecule has 1 heterocycles. The zero-order valence-electron chi connectivity index (χ0n) is 10.1. The molecule has 1 aromatic carbocycles. The van der Waals surface area contributed by atoms with Gasteiger partial charge in [-0.1, -0.05) is 30.2 Å². The van der Waals surface area contributed by atoms with Crippen LogP contribution in [0.5, 0.6) is 0 Å². The van der Waals surface area contributed by atoms with Crippen LogP contribution in [0.4, 0.5) is 0 Å². The second-order valence-corrected chi connectivity index (χ2v) is 5.20. The van der Waals surface area contributed by atoms with E-state index in [0.29, 0.717) is 0 Å². The van der Waals surface area contributed by atoms with Gasteiger partial charge in [0.05, 0.1) is 6.61 Å². The Kier molecular flexibility index (Phi) is 4.84. The van der Waals surface area contributed by atoms with Gasteiger partial charge in [0.2, 0.25) is 0 Å². The first-order valence-corrected chi connectivity index (χ1v) is 6.77. The van der Waals surface area contributed by atoms with Gasteiger partial charge >= 0.3 is 0 Å². The molecule has 1 aromatic rings. The zero-order chi connectivity index (χ0) is 12.1. The second kappa shape index (κ2) is 6.39. The summed E-state index contributed by atoms with van der Waals surface area (Å²) in [6, 6.07) is 8.20. The largest absolute Gasteiger partial charge is 0.395 e. The van der Waals surface area contributed by atoms with Crippen molar-refractivity contribution in [3.63, 3.8) is 0 Å². The summed E-state index contributed by atoms with van der Waals surface area (Å²) in [5, 5.41) is 10.3. The highest BCUT2D eigenvalue weighted by molar-refractivity contribution is 6.30. The van der Waals surface area contributed by atoms with E-state index in [1.54, 1.807) is 0 Å². The Morgan fingerprint density at radius 1 is 1.12 bits per heavy atom. The van der Waals surface area contributed by atoms with Crippen LogP contribution >= 0.6 is 11.6 Å². The summed E-state index contributed by atoms with van der Waals surface area (Å²) < 4.78 is 0. The number of aliphatic hydroxyl groups excluding tert-OH is 1. The monoisotopic (exact) mass is 253 g/mol. The van der Waals surface area contributed by atoms with Crippen molar-refractivity contribution in [2.45, 2.75) is 31.7 Å². The first-order chi connectivity index (χ1) is 8.29. The predicted molar refractivity (Wildman–Crippen MR) is 71.5 cm³/mol. The third-order valence-corrected chi connectivity index (χ3v) is 3.75. The molecule has 1 saturated heterocycles. The number of halogens is 1. The molecule has 1 aliphatic rings. The number of hydrogen-bond donors (Lipinski definition) is 1. The molecule has 1 atom stereocenters. The van der Waals surface area contributed by atoms with Gasteiger partial charge in [-0.15, -0.1) is 0 Å². The van der Waals surface area contributed by atoms with Gasteiger partial charge in [-0.2, -0.15) is 0 Å². The van der Waals surface area contributed by atoms with Crippen LogP contribution in [0.25, 0.3) is 0 Å². The number of aliphatic hydroxyl groups is 1. The molecule has 0 bridgehead atoms. The van der Waals surface area contributed by atoms with E-state index in [4.69, 9.17) is 11.6 Å². The van der Waals surface area contributed by atoms with E-state index in [1.165, 1.54) is 24.8 Å². The van der Waals surface area contributed by atoms with Gasteiger partial charge in [-0.3, -0.25) is 4.90 Å². The van der Waals surface area contributed by atoms with Crippen molar-refractivity contribution in [1.82, 2.24) is 4.90 Å². The quantitative estimate of drug-likeness (QED) is 0.892. The van der Waals surface area contributed by atoms with E-state index in [9.17, 15) is 5.11 Å². The van der Waals surface area contributed by atoms with Crippen molar-refractivity contribution in [2.24, 2.45) is 0 Å². The third-order valence-electron chi connectivity index (χ3n) is 3.50. The van der Waals surface area contributed by atoms with Gasteiger partial charge in [0.15, 0.2) is 0 Å². The van der Waals surface area contributed by atoms with Crippen molar-refractivity contribution in [1.29, 1.82) is 0 Å². The van der Waals surface area contributed by atoms with E-state index in [2.05, 4.69) is 17.0 Å². The molecule has 2 rings (SSSR count). The molecule has 2 nitrogen and oxygen atoms in total. The smallest absolute Gasteiger partial charge is 0.0590 e. The molecule has 3 heteroatoms. The van der Waals surface area contributed by atoms with Crippen LogP contribution in [0.1, 0.15) is 24.8 Å². The Bertz CT molecular complexity index is 333. The number of hydrogen-bond acceptors (Lipinski definition) is 2. The average molecular weight is 254 g/mol. The van der Waals surface area contributed by atoms with E-state index in [0.717, 1.165) is 24.5 Å². The molecule has 0 saturated carbocycles. The van der Waals surface area contributed by atoms with Crippen LogP contribution in [-0.4, -0.2) is 35.7 Å². The number of benzene rings is 1. The van der Waals surface area contributed by atoms with E-state index >= 15 is 0 Å². The third kappa shape index (κ3) is 3.70. The molecule has 0 spiro atoms. The summed E-state index contributed by atoms with van der Waals surface area (Å²) in [6.45, 7) is 2.49. The van der Waals surface area contributed by atoms with Gasteiger partial charge in [-0.25, -0.2) is 0 Å². The Labute approximate surface area is 108 Å². The molecule has 1 aliphatic heterocycles. The summed E-state index contributed by atoms with van der Waals surface area (Å²) in [6.07, 6.45) is 4.76. The Hall–Kier alpha value is -0.570. The predicted octanol–water partition coefficient (Wildman–Crippen LogP) is 2.73. The fourth-order valence-corrected chi connectivity index (χ4v) is 2.61. The Morgan fingerprint density at radius 3 is 2.35 bits per heavy atom. The van der Waals surface area contributed by atoms with Crippen LogP contribution < -0.4 is 0 Å². The van der Waals surface area contributed by atoms with Gasteiger partial charge in [0.25, 0.3) is 0 Å². The SMILES string of the molecule is OC[C@@H](Cc1ccc(Cl)cc1)N1CCCCC1. The first-order valence-electron chi connectivity index (χ1n) is 6.39. The minimum Gasteiger partial charge on any atom is -0.395 e. The van der Waals surface area contributed by atoms with Gasteiger partial charge < -0.3 is 5.11 Å². The molecular formula is C14H20ClNO. The lowest BCUT2D eigenvalue weighted by Gasteiger charge is -2.33. The molecule has 0 aromatic heterocycles. The number of rotatable bonds is 4. The molecule has 0 aliphatic carbocycles. The van der Waals surface area contributed by atoms with Crippen molar-refractivity contribution in [3.8, 4) is 0 Å². The molecule has 0 amide bonds. The van der Waals surface area contributed by atoms with Crippen molar-refractivity contribution >= 4 is 11.6 Å². The molecule has 0 unspecified atom stereocenters. The van der Waals surface area contributed by atoms with Gasteiger partial charge in [-0.05, 0) is 50.0 Å². The summed E-state index contributed by atoms with van der Waals surface area (Å²) in [5.41, 5.74) is 1.25. The fourth-order valence-electron chi connectivity index (χ4n) is 2.49. The van der Waals surface area contributed by atoms with Crippen molar-refractivity contribution in [2.75, 3.05) is 19.7 Å². The zero-order valence-corrected chi connectivity index (χ0v) is 10.9. The molecular weight excluding hydrogens is 234 g/mol. The summed E-state index contributed by atoms with van der Waals surface area (Å²) in [4.78, 5) is 2.41. The minimum atomic E-state index is 0.239. The fraction of sp³-hybridized carbons (Fsp3) is 0.571. The van der Waals surface area contributed by atoms with E-state index in [-0.39, 0.29) is 12.6 Å². The summed E-state index contributed by atoms with van der Waals surface area (Å²) >= 11 is 5.87. The minimum absolute atomic E-state index is 0.239. The van der Waals surface area contributed by atoms with Crippen molar-refractivity contribution in [3.05, 3.63) is 34.9 Å². The van der Waals surface area contributed by atoms with Crippen LogP contribution in [0, 0.1) is 0 Å². The topological polar surface area (TPSA) is 23.5 Å². The lowest BCUT2D eigenvalue weighted by molar-refractivity contribution is 0.104. The maximum atomic E-state index is 9.53. The summed E-state index contributed by atoms with van der Waals surface area (Å²) in [7, 11) is 0. The van der Waals surface area contributed by atoms with Gasteiger partial charge in [0.1, 0.15) is 0 Å². The Balaban J connectivity index is 1.96. The molecule has 17 heavy (non-hydrogen) atoms. The maximum absolute atomic E-state index is 9.53. The average Bonchev–Trinajstić information content (AvgIpc) is 2.39.